The molecule has 1 fully saturated rings. The zero-order chi connectivity index (χ0) is 10.0. The Bertz CT molecular complexity index is 291. The second-order valence-corrected chi connectivity index (χ2v) is 4.30. The molecule has 0 unspecified atom stereocenters. The summed E-state index contributed by atoms with van der Waals surface area (Å²) in [4.78, 5) is -0.599. The van der Waals surface area contributed by atoms with Gasteiger partial charge in [-0.15, -0.1) is 11.6 Å². The molecule has 1 aliphatic rings. The van der Waals surface area contributed by atoms with Crippen LogP contribution in [0.2, 0.25) is 0 Å². The van der Waals surface area contributed by atoms with Crippen molar-refractivity contribution in [1.29, 1.82) is 0 Å². The van der Waals surface area contributed by atoms with Gasteiger partial charge < -0.3 is 9.47 Å². The molecule has 0 bridgehead atoms. The van der Waals surface area contributed by atoms with E-state index >= 15 is 0 Å². The van der Waals surface area contributed by atoms with Crippen LogP contribution in [0.15, 0.2) is 30.3 Å². The van der Waals surface area contributed by atoms with Crippen LogP contribution in [0, 0.1) is 0 Å². The molecule has 3 heteroatoms. The molecule has 2 rings (SSSR count). The Morgan fingerprint density at radius 2 is 1.79 bits per heavy atom. The zero-order valence-electron chi connectivity index (χ0n) is 8.07. The van der Waals surface area contributed by atoms with Crippen molar-refractivity contribution < 1.29 is 9.47 Å². The highest BCUT2D eigenvalue weighted by molar-refractivity contribution is 6.24. The number of halogens is 1. The molecule has 1 aliphatic heterocycles. The molecule has 1 aromatic carbocycles. The Balaban J connectivity index is 2.22. The number of hydrogen-bond donors (Lipinski definition) is 0. The summed E-state index contributed by atoms with van der Waals surface area (Å²) in [5.74, 6) is 0. The fourth-order valence-corrected chi connectivity index (χ4v) is 1.82. The van der Waals surface area contributed by atoms with Crippen LogP contribution >= 0.6 is 11.6 Å². The molecule has 2 nitrogen and oxygen atoms in total. The fourth-order valence-electron chi connectivity index (χ4n) is 1.57. The van der Waals surface area contributed by atoms with Crippen molar-refractivity contribution in [2.75, 3.05) is 13.2 Å². The van der Waals surface area contributed by atoms with Crippen LogP contribution < -0.4 is 0 Å². The Morgan fingerprint density at radius 3 is 2.36 bits per heavy atom. The van der Waals surface area contributed by atoms with Crippen LogP contribution in [0.1, 0.15) is 12.5 Å². The molecule has 14 heavy (non-hydrogen) atoms. The van der Waals surface area contributed by atoms with Gasteiger partial charge in [-0.05, 0) is 12.5 Å². The van der Waals surface area contributed by atoms with E-state index in [4.69, 9.17) is 21.1 Å². The maximum absolute atomic E-state index is 6.42. The van der Waals surface area contributed by atoms with Gasteiger partial charge in [0.1, 0.15) is 4.87 Å². The maximum Gasteiger partial charge on any atom is 0.180 e. The minimum atomic E-state index is -0.599. The van der Waals surface area contributed by atoms with Gasteiger partial charge in [-0.2, -0.15) is 0 Å². The van der Waals surface area contributed by atoms with Crippen LogP contribution in [0.25, 0.3) is 0 Å². The summed E-state index contributed by atoms with van der Waals surface area (Å²) < 4.78 is 10.8. The summed E-state index contributed by atoms with van der Waals surface area (Å²) in [6.07, 6.45) is -0.341. The lowest BCUT2D eigenvalue weighted by Crippen LogP contribution is -2.31. The predicted molar refractivity (Wildman–Crippen MR) is 55.3 cm³/mol. The average Bonchev–Trinajstić information content (AvgIpc) is 2.72. The maximum atomic E-state index is 6.42. The third-order valence-corrected chi connectivity index (χ3v) is 2.80. The zero-order valence-corrected chi connectivity index (χ0v) is 8.83. The monoisotopic (exact) mass is 212 g/mol. The van der Waals surface area contributed by atoms with Crippen LogP contribution in [0.3, 0.4) is 0 Å². The van der Waals surface area contributed by atoms with E-state index in [1.807, 2.05) is 37.3 Å². The molecule has 1 atom stereocenters. The van der Waals surface area contributed by atoms with E-state index in [2.05, 4.69) is 0 Å². The summed E-state index contributed by atoms with van der Waals surface area (Å²) in [6, 6.07) is 9.86. The molecule has 0 N–H and O–H groups in total. The highest BCUT2D eigenvalue weighted by Crippen LogP contribution is 2.36. The fraction of sp³-hybridized carbons (Fsp3) is 0.455. The standard InChI is InChI=1S/C11H13ClO2/c1-11(12,10-13-7-8-14-10)9-5-3-2-4-6-9/h2-6,10H,7-8H2,1H3/t11-/m0/s1. The van der Waals surface area contributed by atoms with Crippen LogP contribution in [0.5, 0.6) is 0 Å². The lowest BCUT2D eigenvalue weighted by molar-refractivity contribution is -0.0695. The van der Waals surface area contributed by atoms with E-state index < -0.39 is 4.87 Å². The first-order valence-corrected chi connectivity index (χ1v) is 5.07. The van der Waals surface area contributed by atoms with E-state index in [1.165, 1.54) is 0 Å². The first-order chi connectivity index (χ1) is 6.71. The van der Waals surface area contributed by atoms with E-state index in [1.54, 1.807) is 0 Å². The molecule has 1 aromatic rings. The van der Waals surface area contributed by atoms with Gasteiger partial charge in [0.25, 0.3) is 0 Å². The van der Waals surface area contributed by atoms with Gasteiger partial charge in [-0.1, -0.05) is 30.3 Å². The third kappa shape index (κ3) is 1.78. The van der Waals surface area contributed by atoms with Gasteiger partial charge in [-0.3, -0.25) is 0 Å². The average molecular weight is 213 g/mol. The molecular formula is C11H13ClO2. The molecule has 0 spiro atoms. The number of alkyl halides is 1. The van der Waals surface area contributed by atoms with E-state index in [0.717, 1.165) is 5.56 Å². The van der Waals surface area contributed by atoms with Crippen molar-refractivity contribution in [3.05, 3.63) is 35.9 Å². The number of ether oxygens (including phenoxy) is 2. The highest BCUT2D eigenvalue weighted by atomic mass is 35.5. The first kappa shape index (κ1) is 9.97. The molecule has 0 saturated carbocycles. The van der Waals surface area contributed by atoms with E-state index in [-0.39, 0.29) is 6.29 Å². The highest BCUT2D eigenvalue weighted by Gasteiger charge is 2.38. The third-order valence-electron chi connectivity index (χ3n) is 2.40. The van der Waals surface area contributed by atoms with Crippen molar-refractivity contribution >= 4 is 11.6 Å². The molecule has 76 valence electrons. The van der Waals surface area contributed by atoms with Gasteiger partial charge in [0.2, 0.25) is 0 Å². The summed E-state index contributed by atoms with van der Waals surface area (Å²) >= 11 is 6.42. The number of rotatable bonds is 2. The van der Waals surface area contributed by atoms with Crippen molar-refractivity contribution in [3.63, 3.8) is 0 Å². The predicted octanol–water partition coefficient (Wildman–Crippen LogP) is 2.51. The normalized spacial score (nSPS) is 22.1. The molecule has 1 saturated heterocycles. The van der Waals surface area contributed by atoms with Gasteiger partial charge in [-0.25, -0.2) is 0 Å². The summed E-state index contributed by atoms with van der Waals surface area (Å²) in [7, 11) is 0. The molecule has 0 aliphatic carbocycles. The van der Waals surface area contributed by atoms with Crippen molar-refractivity contribution in [3.8, 4) is 0 Å². The molecule has 0 amide bonds. The smallest absolute Gasteiger partial charge is 0.180 e. The van der Waals surface area contributed by atoms with Crippen LogP contribution in [-0.2, 0) is 14.3 Å². The van der Waals surface area contributed by atoms with Crippen molar-refractivity contribution in [2.24, 2.45) is 0 Å². The van der Waals surface area contributed by atoms with Crippen LogP contribution in [-0.4, -0.2) is 19.5 Å². The van der Waals surface area contributed by atoms with E-state index in [0.29, 0.717) is 13.2 Å². The van der Waals surface area contributed by atoms with Crippen molar-refractivity contribution in [1.82, 2.24) is 0 Å². The number of benzene rings is 1. The molecule has 0 radical (unpaired) electrons. The largest absolute Gasteiger partial charge is 0.348 e. The summed E-state index contributed by atoms with van der Waals surface area (Å²) in [5, 5.41) is 0. The second-order valence-electron chi connectivity index (χ2n) is 3.52. The van der Waals surface area contributed by atoms with E-state index in [9.17, 15) is 0 Å². The number of hydrogen-bond acceptors (Lipinski definition) is 2. The first-order valence-electron chi connectivity index (χ1n) is 4.69. The Hall–Kier alpha value is -0.570. The molecule has 0 aromatic heterocycles. The summed E-state index contributed by atoms with van der Waals surface area (Å²) in [5.41, 5.74) is 1.02. The second kappa shape index (κ2) is 3.89. The topological polar surface area (TPSA) is 18.5 Å². The van der Waals surface area contributed by atoms with Gasteiger partial charge in [0.15, 0.2) is 6.29 Å². The summed E-state index contributed by atoms with van der Waals surface area (Å²) in [6.45, 7) is 3.17. The van der Waals surface area contributed by atoms with Gasteiger partial charge >= 0.3 is 0 Å². The SMILES string of the molecule is C[C@](Cl)(c1ccccc1)C1OCCO1. The minimum Gasteiger partial charge on any atom is -0.348 e. The van der Waals surface area contributed by atoms with Gasteiger partial charge in [0, 0.05) is 0 Å². The lowest BCUT2D eigenvalue weighted by Gasteiger charge is -2.27. The Kier molecular flexibility index (Phi) is 2.77. The van der Waals surface area contributed by atoms with Crippen molar-refractivity contribution in [2.45, 2.75) is 18.1 Å². The molecular weight excluding hydrogens is 200 g/mol. The van der Waals surface area contributed by atoms with Gasteiger partial charge in [0.05, 0.1) is 13.2 Å². The molecule has 1 heterocycles. The minimum absolute atomic E-state index is 0.341. The van der Waals surface area contributed by atoms with Crippen LogP contribution in [0.4, 0.5) is 0 Å². The lowest BCUT2D eigenvalue weighted by atomic mass is 10.00. The Labute approximate surface area is 88.8 Å². The Morgan fingerprint density at radius 1 is 1.21 bits per heavy atom. The quantitative estimate of drug-likeness (QED) is 0.702.